The van der Waals surface area contributed by atoms with Crippen molar-refractivity contribution in [1.29, 1.82) is 0 Å². The van der Waals surface area contributed by atoms with Crippen LogP contribution in [-0.4, -0.2) is 25.8 Å². The molecule has 2 aromatic carbocycles. The predicted octanol–water partition coefficient (Wildman–Crippen LogP) is 4.11. The second-order valence-electron chi connectivity index (χ2n) is 6.33. The Labute approximate surface area is 162 Å². The molecular formula is C22H22O6. The molecule has 0 N–H and O–H groups in total. The van der Waals surface area contributed by atoms with Crippen molar-refractivity contribution in [2.75, 3.05) is 13.7 Å². The summed E-state index contributed by atoms with van der Waals surface area (Å²) in [5.74, 6) is 0.348. The molecule has 3 aromatic rings. The number of carbonyl (C=O) groups is 1. The highest BCUT2D eigenvalue weighted by Crippen LogP contribution is 2.32. The third kappa shape index (κ3) is 3.86. The zero-order valence-corrected chi connectivity index (χ0v) is 16.3. The molecule has 1 heterocycles. The van der Waals surface area contributed by atoms with Crippen LogP contribution in [-0.2, 0) is 9.53 Å². The highest BCUT2D eigenvalue weighted by atomic mass is 16.6. The van der Waals surface area contributed by atoms with Crippen LogP contribution >= 0.6 is 0 Å². The maximum atomic E-state index is 13.2. The van der Waals surface area contributed by atoms with Crippen molar-refractivity contribution in [3.05, 3.63) is 58.3 Å². The summed E-state index contributed by atoms with van der Waals surface area (Å²) < 4.78 is 21.9. The molecule has 0 saturated heterocycles. The van der Waals surface area contributed by atoms with Gasteiger partial charge in [-0.05, 0) is 57.2 Å². The van der Waals surface area contributed by atoms with Gasteiger partial charge in [-0.15, -0.1) is 0 Å². The van der Waals surface area contributed by atoms with E-state index in [0.717, 1.165) is 5.56 Å². The number of carbonyl (C=O) groups excluding carboxylic acids is 1. The maximum Gasteiger partial charge on any atom is 0.347 e. The topological polar surface area (TPSA) is 75.0 Å². The lowest BCUT2D eigenvalue weighted by molar-refractivity contribution is -0.150. The van der Waals surface area contributed by atoms with E-state index < -0.39 is 12.1 Å². The fourth-order valence-electron chi connectivity index (χ4n) is 2.82. The number of benzene rings is 2. The van der Waals surface area contributed by atoms with E-state index in [4.69, 9.17) is 18.6 Å². The number of hydrogen-bond acceptors (Lipinski definition) is 6. The summed E-state index contributed by atoms with van der Waals surface area (Å²) in [6, 6.07) is 12.4. The fraction of sp³-hybridized carbons (Fsp3) is 0.273. The van der Waals surface area contributed by atoms with Gasteiger partial charge in [0, 0.05) is 5.56 Å². The van der Waals surface area contributed by atoms with Gasteiger partial charge in [0.15, 0.2) is 11.9 Å². The zero-order valence-electron chi connectivity index (χ0n) is 16.3. The molecule has 146 valence electrons. The average Bonchev–Trinajstić information content (AvgIpc) is 2.70. The lowest BCUT2D eigenvalue weighted by Gasteiger charge is -2.16. The van der Waals surface area contributed by atoms with Gasteiger partial charge in [0.05, 0.1) is 19.1 Å². The van der Waals surface area contributed by atoms with Crippen LogP contribution < -0.4 is 14.9 Å². The van der Waals surface area contributed by atoms with Crippen LogP contribution in [0, 0.1) is 6.92 Å². The molecule has 3 rings (SSSR count). The van der Waals surface area contributed by atoms with Crippen molar-refractivity contribution in [3.8, 4) is 22.8 Å². The van der Waals surface area contributed by atoms with E-state index in [0.29, 0.717) is 22.3 Å². The first-order valence-corrected chi connectivity index (χ1v) is 8.99. The number of rotatable bonds is 6. The summed E-state index contributed by atoms with van der Waals surface area (Å²) in [6.45, 7) is 5.36. The fourth-order valence-corrected chi connectivity index (χ4v) is 2.82. The summed E-state index contributed by atoms with van der Waals surface area (Å²) in [5.41, 5.74) is 1.65. The van der Waals surface area contributed by atoms with Gasteiger partial charge in [-0.3, -0.25) is 4.79 Å². The van der Waals surface area contributed by atoms with Gasteiger partial charge >= 0.3 is 5.97 Å². The largest absolute Gasteiger partial charge is 0.497 e. The molecule has 0 amide bonds. The molecule has 0 aliphatic carbocycles. The highest BCUT2D eigenvalue weighted by Gasteiger charge is 2.23. The van der Waals surface area contributed by atoms with E-state index in [1.807, 2.05) is 13.0 Å². The second kappa shape index (κ2) is 8.17. The maximum absolute atomic E-state index is 13.2. The Balaban J connectivity index is 2.17. The smallest absolute Gasteiger partial charge is 0.347 e. The summed E-state index contributed by atoms with van der Waals surface area (Å²) in [7, 11) is 1.57. The molecular weight excluding hydrogens is 360 g/mol. The Morgan fingerprint density at radius 3 is 2.50 bits per heavy atom. The summed E-state index contributed by atoms with van der Waals surface area (Å²) in [5, 5.41) is 0.392. The van der Waals surface area contributed by atoms with Gasteiger partial charge in [-0.25, -0.2) is 4.79 Å². The Morgan fingerprint density at radius 2 is 1.86 bits per heavy atom. The van der Waals surface area contributed by atoms with Gasteiger partial charge < -0.3 is 18.6 Å². The van der Waals surface area contributed by atoms with Crippen LogP contribution in [0.2, 0.25) is 0 Å². The van der Waals surface area contributed by atoms with Gasteiger partial charge in [0.1, 0.15) is 11.3 Å². The molecule has 0 fully saturated rings. The van der Waals surface area contributed by atoms with Gasteiger partial charge in [0.25, 0.3) is 0 Å². The van der Waals surface area contributed by atoms with E-state index >= 15 is 0 Å². The SMILES string of the molecule is CCOC(=O)C(C)Oc1c(-c2ccc(OC)cc2)oc2ccc(C)cc2c1=O. The van der Waals surface area contributed by atoms with Crippen molar-refractivity contribution in [1.82, 2.24) is 0 Å². The van der Waals surface area contributed by atoms with Gasteiger partial charge in [0.2, 0.25) is 11.2 Å². The molecule has 6 nitrogen and oxygen atoms in total. The molecule has 0 saturated carbocycles. The number of esters is 1. The van der Waals surface area contributed by atoms with Gasteiger partial charge in [-0.1, -0.05) is 11.6 Å². The minimum absolute atomic E-state index is 0.0242. The Kier molecular flexibility index (Phi) is 5.68. The third-order valence-electron chi connectivity index (χ3n) is 4.27. The van der Waals surface area contributed by atoms with E-state index in [-0.39, 0.29) is 23.5 Å². The zero-order chi connectivity index (χ0) is 20.3. The van der Waals surface area contributed by atoms with E-state index in [1.165, 1.54) is 6.92 Å². The van der Waals surface area contributed by atoms with Gasteiger partial charge in [-0.2, -0.15) is 0 Å². The third-order valence-corrected chi connectivity index (χ3v) is 4.27. The molecule has 0 aliphatic heterocycles. The predicted molar refractivity (Wildman–Crippen MR) is 106 cm³/mol. The molecule has 6 heteroatoms. The van der Waals surface area contributed by atoms with Crippen LogP contribution in [0.5, 0.6) is 11.5 Å². The molecule has 28 heavy (non-hydrogen) atoms. The number of ether oxygens (including phenoxy) is 3. The molecule has 1 unspecified atom stereocenters. The first-order valence-electron chi connectivity index (χ1n) is 8.99. The van der Waals surface area contributed by atoms with Crippen LogP contribution in [0.3, 0.4) is 0 Å². The van der Waals surface area contributed by atoms with Crippen molar-refractivity contribution in [2.45, 2.75) is 26.9 Å². The minimum atomic E-state index is -0.956. The van der Waals surface area contributed by atoms with Crippen molar-refractivity contribution in [3.63, 3.8) is 0 Å². The van der Waals surface area contributed by atoms with E-state index in [1.54, 1.807) is 50.4 Å². The monoisotopic (exact) mass is 382 g/mol. The number of hydrogen-bond donors (Lipinski definition) is 0. The van der Waals surface area contributed by atoms with Crippen molar-refractivity contribution in [2.24, 2.45) is 0 Å². The standard InChI is InChI=1S/C22H22O6/c1-5-26-22(24)14(3)27-21-19(23)17-12-13(2)6-11-18(17)28-20(21)15-7-9-16(25-4)10-8-15/h6-12,14H,5H2,1-4H3. The Morgan fingerprint density at radius 1 is 1.14 bits per heavy atom. The number of methoxy groups -OCH3 is 1. The highest BCUT2D eigenvalue weighted by molar-refractivity contribution is 5.83. The molecule has 0 bridgehead atoms. The van der Waals surface area contributed by atoms with Crippen molar-refractivity contribution >= 4 is 16.9 Å². The first kappa shape index (κ1) is 19.5. The van der Waals surface area contributed by atoms with Crippen LogP contribution in [0.25, 0.3) is 22.3 Å². The second-order valence-corrected chi connectivity index (χ2v) is 6.33. The molecule has 0 radical (unpaired) electrons. The van der Waals surface area contributed by atoms with E-state index in [9.17, 15) is 9.59 Å². The Hall–Kier alpha value is -3.28. The average molecular weight is 382 g/mol. The van der Waals surface area contributed by atoms with Crippen LogP contribution in [0.1, 0.15) is 19.4 Å². The summed E-state index contributed by atoms with van der Waals surface area (Å²) in [4.78, 5) is 25.2. The quantitative estimate of drug-likeness (QED) is 0.597. The van der Waals surface area contributed by atoms with Crippen molar-refractivity contribution < 1.29 is 23.4 Å². The Bertz CT molecular complexity index is 1050. The molecule has 0 spiro atoms. The first-order chi connectivity index (χ1) is 13.4. The summed E-state index contributed by atoms with van der Waals surface area (Å²) in [6.07, 6.45) is -0.956. The molecule has 1 aromatic heterocycles. The normalized spacial score (nSPS) is 11.9. The molecule has 1 atom stereocenters. The lowest BCUT2D eigenvalue weighted by atomic mass is 10.1. The molecule has 0 aliphatic rings. The van der Waals surface area contributed by atoms with E-state index in [2.05, 4.69) is 0 Å². The summed E-state index contributed by atoms with van der Waals surface area (Å²) >= 11 is 0. The lowest BCUT2D eigenvalue weighted by Crippen LogP contribution is -2.28. The number of aryl methyl sites for hydroxylation is 1. The van der Waals surface area contributed by atoms with Crippen LogP contribution in [0.15, 0.2) is 51.7 Å². The van der Waals surface area contributed by atoms with Crippen LogP contribution in [0.4, 0.5) is 0 Å². The number of fused-ring (bicyclic) bond motifs is 1. The minimum Gasteiger partial charge on any atom is -0.497 e.